The Morgan fingerprint density at radius 1 is 1.24 bits per heavy atom. The maximum atomic E-state index is 12.1. The van der Waals surface area contributed by atoms with Gasteiger partial charge in [0.1, 0.15) is 0 Å². The largest absolute Gasteiger partial charge is 0.368 e. The van der Waals surface area contributed by atoms with Crippen LogP contribution in [0.2, 0.25) is 5.02 Å². The summed E-state index contributed by atoms with van der Waals surface area (Å²) in [6.45, 7) is 5.60. The number of rotatable bonds is 4. The number of piperazine rings is 1. The zero-order chi connectivity index (χ0) is 14.8. The molecule has 1 aromatic rings. The maximum absolute atomic E-state index is 12.1. The standard InChI is InChI=1S/C16H22ClN3O/c1-12(16(21)18-13-6-7-13)19-8-10-20(11-9-19)15-5-3-2-4-14(15)17/h2-5,12-13H,6-11H2,1H3,(H,18,21). The zero-order valence-corrected chi connectivity index (χ0v) is 13.1. The average molecular weight is 308 g/mol. The van der Waals surface area contributed by atoms with E-state index in [9.17, 15) is 4.79 Å². The fourth-order valence-corrected chi connectivity index (χ4v) is 3.03. The van der Waals surface area contributed by atoms with E-state index in [1.165, 1.54) is 0 Å². The number of nitrogens with one attached hydrogen (secondary N) is 1. The summed E-state index contributed by atoms with van der Waals surface area (Å²) in [6.07, 6.45) is 2.28. The number of para-hydroxylation sites is 1. The van der Waals surface area contributed by atoms with Crippen molar-refractivity contribution in [3.63, 3.8) is 0 Å². The topological polar surface area (TPSA) is 35.6 Å². The van der Waals surface area contributed by atoms with Crippen LogP contribution in [-0.4, -0.2) is 49.1 Å². The number of hydrogen-bond acceptors (Lipinski definition) is 3. The fourth-order valence-electron chi connectivity index (χ4n) is 2.77. The number of halogens is 1. The molecule has 1 saturated heterocycles. The van der Waals surface area contributed by atoms with Gasteiger partial charge in [0.25, 0.3) is 0 Å². The van der Waals surface area contributed by atoms with E-state index in [0.717, 1.165) is 49.7 Å². The van der Waals surface area contributed by atoms with Crippen LogP contribution in [0.15, 0.2) is 24.3 Å². The smallest absolute Gasteiger partial charge is 0.237 e. The molecule has 1 amide bonds. The third-order valence-corrected chi connectivity index (χ3v) is 4.68. The van der Waals surface area contributed by atoms with Gasteiger partial charge in [-0.05, 0) is 31.9 Å². The van der Waals surface area contributed by atoms with Crippen LogP contribution < -0.4 is 10.2 Å². The van der Waals surface area contributed by atoms with Crippen molar-refractivity contribution in [3.8, 4) is 0 Å². The lowest BCUT2D eigenvalue weighted by atomic mass is 10.2. The molecule has 1 saturated carbocycles. The maximum Gasteiger partial charge on any atom is 0.237 e. The molecule has 1 N–H and O–H groups in total. The highest BCUT2D eigenvalue weighted by Gasteiger charge is 2.30. The van der Waals surface area contributed by atoms with Crippen LogP contribution in [0.3, 0.4) is 0 Å². The summed E-state index contributed by atoms with van der Waals surface area (Å²) in [6, 6.07) is 8.34. The molecule has 1 atom stereocenters. The Balaban J connectivity index is 1.54. The van der Waals surface area contributed by atoms with Crippen molar-refractivity contribution in [1.82, 2.24) is 10.2 Å². The minimum Gasteiger partial charge on any atom is -0.368 e. The first-order chi connectivity index (χ1) is 10.1. The highest BCUT2D eigenvalue weighted by Crippen LogP contribution is 2.26. The minimum absolute atomic E-state index is 0.0426. The number of benzene rings is 1. The lowest BCUT2D eigenvalue weighted by Crippen LogP contribution is -2.54. The predicted octanol–water partition coefficient (Wildman–Crippen LogP) is 2.13. The summed E-state index contributed by atoms with van der Waals surface area (Å²) in [7, 11) is 0. The number of carbonyl (C=O) groups excluding carboxylic acids is 1. The number of anilines is 1. The molecule has 0 radical (unpaired) electrons. The summed E-state index contributed by atoms with van der Waals surface area (Å²) in [5.74, 6) is 0.170. The summed E-state index contributed by atoms with van der Waals surface area (Å²) in [5.41, 5.74) is 1.09. The molecule has 1 aliphatic heterocycles. The molecular formula is C16H22ClN3O. The molecule has 0 spiro atoms. The number of amides is 1. The second-order valence-corrected chi connectivity index (χ2v) is 6.34. The number of carbonyl (C=O) groups is 1. The van der Waals surface area contributed by atoms with Crippen molar-refractivity contribution in [2.24, 2.45) is 0 Å². The molecule has 114 valence electrons. The van der Waals surface area contributed by atoms with Crippen molar-refractivity contribution < 1.29 is 4.79 Å². The SMILES string of the molecule is CC(C(=O)NC1CC1)N1CCN(c2ccccc2Cl)CC1. The monoisotopic (exact) mass is 307 g/mol. The third kappa shape index (κ3) is 3.50. The fraction of sp³-hybridized carbons (Fsp3) is 0.562. The van der Waals surface area contributed by atoms with Crippen molar-refractivity contribution in [2.45, 2.75) is 31.8 Å². The Labute approximate surface area is 131 Å². The van der Waals surface area contributed by atoms with Crippen LogP contribution in [0, 0.1) is 0 Å². The molecule has 5 heteroatoms. The van der Waals surface area contributed by atoms with E-state index >= 15 is 0 Å². The van der Waals surface area contributed by atoms with Gasteiger partial charge in [0, 0.05) is 32.2 Å². The second kappa shape index (κ2) is 6.24. The molecule has 1 aromatic carbocycles. The molecule has 2 fully saturated rings. The van der Waals surface area contributed by atoms with Gasteiger partial charge in [0.05, 0.1) is 16.8 Å². The van der Waals surface area contributed by atoms with Crippen LogP contribution in [0.4, 0.5) is 5.69 Å². The van der Waals surface area contributed by atoms with E-state index < -0.39 is 0 Å². The Kier molecular flexibility index (Phi) is 4.36. The molecule has 2 aliphatic rings. The van der Waals surface area contributed by atoms with E-state index in [4.69, 9.17) is 11.6 Å². The first kappa shape index (κ1) is 14.7. The minimum atomic E-state index is -0.0426. The molecule has 0 bridgehead atoms. The van der Waals surface area contributed by atoms with Gasteiger partial charge in [-0.3, -0.25) is 9.69 Å². The van der Waals surface area contributed by atoms with E-state index in [-0.39, 0.29) is 11.9 Å². The Bertz CT molecular complexity index is 510. The van der Waals surface area contributed by atoms with E-state index in [1.54, 1.807) is 0 Å². The van der Waals surface area contributed by atoms with E-state index in [0.29, 0.717) is 6.04 Å². The van der Waals surface area contributed by atoms with E-state index in [2.05, 4.69) is 21.2 Å². The van der Waals surface area contributed by atoms with Crippen molar-refractivity contribution in [3.05, 3.63) is 29.3 Å². The first-order valence-electron chi connectivity index (χ1n) is 7.69. The van der Waals surface area contributed by atoms with Crippen LogP contribution in [-0.2, 0) is 4.79 Å². The lowest BCUT2D eigenvalue weighted by molar-refractivity contribution is -0.126. The van der Waals surface area contributed by atoms with Crippen LogP contribution in [0.1, 0.15) is 19.8 Å². The highest BCUT2D eigenvalue weighted by molar-refractivity contribution is 6.33. The van der Waals surface area contributed by atoms with Crippen LogP contribution in [0.5, 0.6) is 0 Å². The van der Waals surface area contributed by atoms with Gasteiger partial charge < -0.3 is 10.2 Å². The summed E-state index contributed by atoms with van der Waals surface area (Å²) >= 11 is 6.25. The Morgan fingerprint density at radius 3 is 2.52 bits per heavy atom. The Morgan fingerprint density at radius 2 is 1.90 bits per heavy atom. The van der Waals surface area contributed by atoms with Crippen molar-refractivity contribution >= 4 is 23.2 Å². The van der Waals surface area contributed by atoms with Gasteiger partial charge in [0.2, 0.25) is 5.91 Å². The summed E-state index contributed by atoms with van der Waals surface area (Å²) in [5, 5.41) is 3.88. The molecule has 1 unspecified atom stereocenters. The highest BCUT2D eigenvalue weighted by atomic mass is 35.5. The molecular weight excluding hydrogens is 286 g/mol. The van der Waals surface area contributed by atoms with Crippen molar-refractivity contribution in [2.75, 3.05) is 31.1 Å². The first-order valence-corrected chi connectivity index (χ1v) is 8.07. The van der Waals surface area contributed by atoms with E-state index in [1.807, 2.05) is 25.1 Å². The van der Waals surface area contributed by atoms with Crippen molar-refractivity contribution in [1.29, 1.82) is 0 Å². The number of hydrogen-bond donors (Lipinski definition) is 1. The lowest BCUT2D eigenvalue weighted by Gasteiger charge is -2.38. The second-order valence-electron chi connectivity index (χ2n) is 5.93. The summed E-state index contributed by atoms with van der Waals surface area (Å²) < 4.78 is 0. The van der Waals surface area contributed by atoms with Gasteiger partial charge in [-0.2, -0.15) is 0 Å². The Hall–Kier alpha value is -1.26. The average Bonchev–Trinajstić information content (AvgIpc) is 3.31. The molecule has 21 heavy (non-hydrogen) atoms. The van der Waals surface area contributed by atoms with Crippen LogP contribution >= 0.6 is 11.6 Å². The molecule has 1 aliphatic carbocycles. The quantitative estimate of drug-likeness (QED) is 0.925. The number of nitrogens with zero attached hydrogens (tertiary/aromatic N) is 2. The van der Waals surface area contributed by atoms with Crippen LogP contribution in [0.25, 0.3) is 0 Å². The summed E-state index contributed by atoms with van der Waals surface area (Å²) in [4.78, 5) is 16.7. The molecule has 3 rings (SSSR count). The molecule has 1 heterocycles. The normalized spacial score (nSPS) is 21.1. The molecule has 4 nitrogen and oxygen atoms in total. The van der Waals surface area contributed by atoms with Gasteiger partial charge in [-0.25, -0.2) is 0 Å². The third-order valence-electron chi connectivity index (χ3n) is 4.36. The predicted molar refractivity (Wildman–Crippen MR) is 85.9 cm³/mol. The van der Waals surface area contributed by atoms with Gasteiger partial charge >= 0.3 is 0 Å². The zero-order valence-electron chi connectivity index (χ0n) is 12.4. The van der Waals surface area contributed by atoms with Gasteiger partial charge in [-0.15, -0.1) is 0 Å². The van der Waals surface area contributed by atoms with Gasteiger partial charge in [-0.1, -0.05) is 23.7 Å². The van der Waals surface area contributed by atoms with Gasteiger partial charge in [0.15, 0.2) is 0 Å². The molecule has 0 aromatic heterocycles.